The van der Waals surface area contributed by atoms with Crippen LogP contribution in [-0.2, 0) is 16.0 Å². The topological polar surface area (TPSA) is 66.4 Å². The fourth-order valence-corrected chi connectivity index (χ4v) is 4.27. The molecular formula is C23H37IN4O3. The lowest BCUT2D eigenvalue weighted by atomic mass is 10.1. The Balaban J connectivity index is 0.00000341. The third kappa shape index (κ3) is 7.32. The van der Waals surface area contributed by atoms with E-state index in [1.165, 1.54) is 0 Å². The summed E-state index contributed by atoms with van der Waals surface area (Å²) in [6.07, 6.45) is 1.28. The van der Waals surface area contributed by atoms with E-state index in [9.17, 15) is 4.79 Å². The quantitative estimate of drug-likeness (QED) is 0.339. The van der Waals surface area contributed by atoms with Gasteiger partial charge in [0.05, 0.1) is 25.4 Å². The number of hydrogen-bond donors (Lipinski definition) is 1. The van der Waals surface area contributed by atoms with E-state index in [2.05, 4.69) is 17.1 Å². The van der Waals surface area contributed by atoms with Crippen LogP contribution in [0.25, 0.3) is 0 Å². The first-order valence-corrected chi connectivity index (χ1v) is 11.1. The Labute approximate surface area is 203 Å². The average molecular weight is 544 g/mol. The second-order valence-electron chi connectivity index (χ2n) is 8.39. The molecule has 0 aromatic heterocycles. The van der Waals surface area contributed by atoms with Gasteiger partial charge in [0, 0.05) is 51.3 Å². The van der Waals surface area contributed by atoms with Crippen LogP contribution in [0.5, 0.6) is 0 Å². The SMILES string of the molecule is CCNC(=NCc1ccc(C(=O)N2CC(C)OC(C)C2)cc1)N1CCC(COC)C1.I. The lowest BCUT2D eigenvalue weighted by Crippen LogP contribution is -2.48. The number of morpholine rings is 1. The molecule has 1 N–H and O–H groups in total. The van der Waals surface area contributed by atoms with Crippen LogP contribution in [0.2, 0.25) is 0 Å². The number of ether oxygens (including phenoxy) is 2. The largest absolute Gasteiger partial charge is 0.384 e. The van der Waals surface area contributed by atoms with E-state index in [1.807, 2.05) is 43.0 Å². The van der Waals surface area contributed by atoms with Gasteiger partial charge in [-0.25, -0.2) is 4.99 Å². The number of amides is 1. The molecule has 2 saturated heterocycles. The molecule has 2 heterocycles. The summed E-state index contributed by atoms with van der Waals surface area (Å²) in [5, 5.41) is 3.40. The van der Waals surface area contributed by atoms with Crippen molar-refractivity contribution in [2.45, 2.75) is 45.9 Å². The van der Waals surface area contributed by atoms with Crippen LogP contribution in [0.4, 0.5) is 0 Å². The maximum atomic E-state index is 12.8. The van der Waals surface area contributed by atoms with Gasteiger partial charge < -0.3 is 24.6 Å². The summed E-state index contributed by atoms with van der Waals surface area (Å²) in [6, 6.07) is 7.83. The zero-order chi connectivity index (χ0) is 21.5. The number of nitrogens with zero attached hydrogens (tertiary/aromatic N) is 3. The van der Waals surface area contributed by atoms with Crippen molar-refractivity contribution in [3.63, 3.8) is 0 Å². The minimum atomic E-state index is 0. The smallest absolute Gasteiger partial charge is 0.254 e. The van der Waals surface area contributed by atoms with E-state index < -0.39 is 0 Å². The van der Waals surface area contributed by atoms with Gasteiger partial charge in [-0.2, -0.15) is 0 Å². The van der Waals surface area contributed by atoms with Gasteiger partial charge in [-0.05, 0) is 44.9 Å². The zero-order valence-corrected chi connectivity index (χ0v) is 21.5. The predicted octanol–water partition coefficient (Wildman–Crippen LogP) is 2.99. The van der Waals surface area contributed by atoms with E-state index in [4.69, 9.17) is 14.5 Å². The molecule has 174 valence electrons. The van der Waals surface area contributed by atoms with Crippen molar-refractivity contribution in [1.29, 1.82) is 0 Å². The van der Waals surface area contributed by atoms with E-state index in [0.29, 0.717) is 25.6 Å². The molecule has 0 bridgehead atoms. The van der Waals surface area contributed by atoms with Gasteiger partial charge in [0.25, 0.3) is 5.91 Å². The van der Waals surface area contributed by atoms with Crippen molar-refractivity contribution in [2.75, 3.05) is 46.4 Å². The molecule has 1 aromatic carbocycles. The number of aliphatic imine (C=N–C) groups is 1. The first kappa shape index (κ1) is 25.9. The summed E-state index contributed by atoms with van der Waals surface area (Å²) >= 11 is 0. The number of carbonyl (C=O) groups excluding carboxylic acids is 1. The number of guanidine groups is 1. The summed E-state index contributed by atoms with van der Waals surface area (Å²) in [4.78, 5) is 21.8. The van der Waals surface area contributed by atoms with Gasteiger partial charge in [0.2, 0.25) is 0 Å². The maximum absolute atomic E-state index is 12.8. The summed E-state index contributed by atoms with van der Waals surface area (Å²) < 4.78 is 11.0. The highest BCUT2D eigenvalue weighted by Crippen LogP contribution is 2.18. The predicted molar refractivity (Wildman–Crippen MR) is 134 cm³/mol. The number of halogens is 1. The number of rotatable bonds is 6. The molecule has 3 atom stereocenters. The fraction of sp³-hybridized carbons (Fsp3) is 0.652. The van der Waals surface area contributed by atoms with Crippen molar-refractivity contribution >= 4 is 35.8 Å². The zero-order valence-electron chi connectivity index (χ0n) is 19.2. The van der Waals surface area contributed by atoms with Crippen molar-refractivity contribution < 1.29 is 14.3 Å². The van der Waals surface area contributed by atoms with Gasteiger partial charge in [-0.15, -0.1) is 24.0 Å². The van der Waals surface area contributed by atoms with Crippen molar-refractivity contribution in [2.24, 2.45) is 10.9 Å². The Morgan fingerprint density at radius 3 is 2.45 bits per heavy atom. The van der Waals surface area contributed by atoms with Crippen molar-refractivity contribution in [3.05, 3.63) is 35.4 Å². The summed E-state index contributed by atoms with van der Waals surface area (Å²) in [6.45, 7) is 11.6. The third-order valence-corrected chi connectivity index (χ3v) is 5.64. The molecule has 1 aromatic rings. The van der Waals surface area contributed by atoms with E-state index in [0.717, 1.165) is 49.7 Å². The standard InChI is InChI=1S/C23H36N4O3.HI/c1-5-24-23(26-11-10-20(15-26)16-29-4)25-12-19-6-8-21(9-7-19)22(28)27-13-17(2)30-18(3)14-27;/h6-9,17-18,20H,5,10-16H2,1-4H3,(H,24,25);1H. The summed E-state index contributed by atoms with van der Waals surface area (Å²) in [5.41, 5.74) is 1.82. The molecule has 2 aliphatic rings. The number of likely N-dealkylation sites (tertiary alicyclic amines) is 1. The Kier molecular flexibility index (Phi) is 10.5. The number of carbonyl (C=O) groups is 1. The number of hydrogen-bond acceptors (Lipinski definition) is 4. The lowest BCUT2D eigenvalue weighted by molar-refractivity contribution is -0.0586. The molecule has 31 heavy (non-hydrogen) atoms. The lowest BCUT2D eigenvalue weighted by Gasteiger charge is -2.35. The van der Waals surface area contributed by atoms with Crippen LogP contribution < -0.4 is 5.32 Å². The molecule has 7 nitrogen and oxygen atoms in total. The van der Waals surface area contributed by atoms with E-state index in [1.54, 1.807) is 7.11 Å². The van der Waals surface area contributed by atoms with Crippen LogP contribution in [-0.4, -0.2) is 80.3 Å². The molecule has 0 radical (unpaired) electrons. The first-order valence-electron chi connectivity index (χ1n) is 11.1. The minimum Gasteiger partial charge on any atom is -0.384 e. The van der Waals surface area contributed by atoms with Gasteiger partial charge in [0.15, 0.2) is 5.96 Å². The molecule has 3 rings (SSSR count). The second-order valence-corrected chi connectivity index (χ2v) is 8.39. The summed E-state index contributed by atoms with van der Waals surface area (Å²) in [5.74, 6) is 1.59. The maximum Gasteiger partial charge on any atom is 0.254 e. The van der Waals surface area contributed by atoms with Crippen LogP contribution >= 0.6 is 24.0 Å². The molecule has 0 saturated carbocycles. The van der Waals surface area contributed by atoms with Gasteiger partial charge in [-0.3, -0.25) is 4.79 Å². The van der Waals surface area contributed by atoms with Crippen LogP contribution in [0.3, 0.4) is 0 Å². The molecule has 0 spiro atoms. The summed E-state index contributed by atoms with van der Waals surface area (Å²) in [7, 11) is 1.76. The monoisotopic (exact) mass is 544 g/mol. The van der Waals surface area contributed by atoms with Crippen LogP contribution in [0, 0.1) is 5.92 Å². The van der Waals surface area contributed by atoms with Gasteiger partial charge >= 0.3 is 0 Å². The molecule has 8 heteroatoms. The van der Waals surface area contributed by atoms with Gasteiger partial charge in [-0.1, -0.05) is 12.1 Å². The average Bonchev–Trinajstić information content (AvgIpc) is 3.19. The highest BCUT2D eigenvalue weighted by atomic mass is 127. The second kappa shape index (κ2) is 12.6. The minimum absolute atomic E-state index is 0. The molecule has 2 fully saturated rings. The fourth-order valence-electron chi connectivity index (χ4n) is 4.27. The Hall–Kier alpha value is -1.39. The highest BCUT2D eigenvalue weighted by Gasteiger charge is 2.27. The normalized spacial score (nSPS) is 24.1. The Morgan fingerprint density at radius 1 is 1.16 bits per heavy atom. The van der Waals surface area contributed by atoms with E-state index in [-0.39, 0.29) is 42.1 Å². The molecular weight excluding hydrogens is 507 g/mol. The third-order valence-electron chi connectivity index (χ3n) is 5.64. The molecule has 1 amide bonds. The van der Waals surface area contributed by atoms with Crippen molar-refractivity contribution in [3.8, 4) is 0 Å². The van der Waals surface area contributed by atoms with E-state index >= 15 is 0 Å². The molecule has 0 aliphatic carbocycles. The van der Waals surface area contributed by atoms with Crippen LogP contribution in [0.15, 0.2) is 29.3 Å². The Bertz CT molecular complexity index is 718. The number of methoxy groups -OCH3 is 1. The number of nitrogens with one attached hydrogen (secondary N) is 1. The van der Waals surface area contributed by atoms with Gasteiger partial charge in [0.1, 0.15) is 0 Å². The highest BCUT2D eigenvalue weighted by molar-refractivity contribution is 14.0. The molecule has 3 unspecified atom stereocenters. The number of benzene rings is 1. The first-order chi connectivity index (χ1) is 14.5. The van der Waals surface area contributed by atoms with Crippen molar-refractivity contribution in [1.82, 2.24) is 15.1 Å². The van der Waals surface area contributed by atoms with Crippen LogP contribution in [0.1, 0.15) is 43.1 Å². The molecule has 2 aliphatic heterocycles. The Morgan fingerprint density at radius 2 is 1.84 bits per heavy atom.